The number of nitrogens with zero attached hydrogens (tertiary/aromatic N) is 1. The largest absolute Gasteiger partial charge is 0.274 e. The fraction of sp³-hybridized carbons (Fsp3) is 0.417. The van der Waals surface area contributed by atoms with E-state index in [1.165, 1.54) is 18.2 Å². The van der Waals surface area contributed by atoms with Gasteiger partial charge in [-0.15, -0.1) is 0 Å². The number of halogens is 2. The monoisotopic (exact) mass is 365 g/mol. The first-order valence-electron chi connectivity index (χ1n) is 5.87. The summed E-state index contributed by atoms with van der Waals surface area (Å²) < 4.78 is 26.3. The van der Waals surface area contributed by atoms with Crippen LogP contribution in [-0.2, 0) is 14.8 Å². The Hall–Kier alpha value is -0.590. The Morgan fingerprint density at radius 1 is 1.47 bits per heavy atom. The van der Waals surface area contributed by atoms with Gasteiger partial charge < -0.3 is 0 Å². The minimum Gasteiger partial charge on any atom is -0.274 e. The molecule has 0 aromatic heterocycles. The molecule has 1 atom stereocenters. The van der Waals surface area contributed by atoms with Crippen LogP contribution in [0.1, 0.15) is 19.8 Å². The third-order valence-electron chi connectivity index (χ3n) is 3.22. The van der Waals surface area contributed by atoms with Gasteiger partial charge in [0.15, 0.2) is 0 Å². The Balaban J connectivity index is 2.37. The zero-order valence-corrected chi connectivity index (χ0v) is 13.4. The van der Waals surface area contributed by atoms with E-state index in [1.54, 1.807) is 0 Å². The molecule has 1 aromatic carbocycles. The average molecular weight is 367 g/mol. The summed E-state index contributed by atoms with van der Waals surface area (Å²) in [5.41, 5.74) is 0. The smallest absolute Gasteiger partial charge is 0.266 e. The zero-order valence-electron chi connectivity index (χ0n) is 10.3. The van der Waals surface area contributed by atoms with E-state index >= 15 is 0 Å². The Kier molecular flexibility index (Phi) is 4.23. The molecule has 4 nitrogen and oxygen atoms in total. The average Bonchev–Trinajstić information content (AvgIpc) is 2.74. The van der Waals surface area contributed by atoms with E-state index in [4.69, 9.17) is 11.6 Å². The number of carbonyl (C=O) groups is 1. The summed E-state index contributed by atoms with van der Waals surface area (Å²) in [6, 6.07) is 4.33. The summed E-state index contributed by atoms with van der Waals surface area (Å²) in [6.45, 7) is 2.21. The first-order chi connectivity index (χ1) is 8.86. The molecule has 0 radical (unpaired) electrons. The van der Waals surface area contributed by atoms with Crippen LogP contribution in [0.25, 0.3) is 0 Å². The highest BCUT2D eigenvalue weighted by Crippen LogP contribution is 2.30. The number of sulfonamides is 1. The number of hydrogen-bond acceptors (Lipinski definition) is 3. The summed E-state index contributed by atoms with van der Waals surface area (Å²) in [6.07, 6.45) is 1.09. The van der Waals surface area contributed by atoms with E-state index in [2.05, 4.69) is 15.9 Å². The second kappa shape index (κ2) is 5.42. The van der Waals surface area contributed by atoms with Gasteiger partial charge >= 0.3 is 0 Å². The maximum Gasteiger partial charge on any atom is 0.266 e. The van der Waals surface area contributed by atoms with Gasteiger partial charge in [-0.05, 0) is 40.0 Å². The van der Waals surface area contributed by atoms with E-state index in [0.717, 1.165) is 10.7 Å². The number of benzene rings is 1. The Labute approximate surface area is 125 Å². The molecule has 1 unspecified atom stereocenters. The number of carbonyl (C=O) groups excluding carboxylic acids is 1. The highest BCUT2D eigenvalue weighted by molar-refractivity contribution is 9.10. The van der Waals surface area contributed by atoms with Crippen LogP contribution in [0.3, 0.4) is 0 Å². The van der Waals surface area contributed by atoms with Crippen LogP contribution in [0.4, 0.5) is 0 Å². The quantitative estimate of drug-likeness (QED) is 0.826. The Morgan fingerprint density at radius 3 is 2.68 bits per heavy atom. The van der Waals surface area contributed by atoms with E-state index in [-0.39, 0.29) is 23.3 Å². The van der Waals surface area contributed by atoms with Gasteiger partial charge in [0.25, 0.3) is 10.0 Å². The molecule has 1 saturated heterocycles. The maximum absolute atomic E-state index is 12.4. The van der Waals surface area contributed by atoms with Gasteiger partial charge in [0.1, 0.15) is 0 Å². The molecule has 1 aliphatic rings. The minimum absolute atomic E-state index is 0.0777. The molecule has 1 amide bonds. The third-order valence-corrected chi connectivity index (χ3v) is 6.22. The lowest BCUT2D eigenvalue weighted by atomic mass is 10.1. The fourth-order valence-corrected chi connectivity index (χ4v) is 4.18. The molecular formula is C12H13BrClNO3S. The zero-order chi connectivity index (χ0) is 14.2. The normalized spacial score (nSPS) is 20.1. The van der Waals surface area contributed by atoms with Gasteiger partial charge in [-0.25, -0.2) is 12.7 Å². The number of rotatable bonds is 3. The molecule has 0 saturated carbocycles. The molecule has 1 heterocycles. The lowest BCUT2D eigenvalue weighted by Gasteiger charge is -2.17. The molecule has 1 fully saturated rings. The van der Waals surface area contributed by atoms with Gasteiger partial charge in [0.2, 0.25) is 5.91 Å². The topological polar surface area (TPSA) is 54.5 Å². The molecule has 7 heteroatoms. The molecule has 0 bridgehead atoms. The second-order valence-electron chi connectivity index (χ2n) is 4.48. The van der Waals surface area contributed by atoms with E-state index in [0.29, 0.717) is 15.9 Å². The molecule has 104 valence electrons. The highest BCUT2D eigenvalue weighted by atomic mass is 79.9. The predicted octanol–water partition coefficient (Wildman–Crippen LogP) is 3.05. The van der Waals surface area contributed by atoms with Crippen LogP contribution in [0.15, 0.2) is 27.6 Å². The van der Waals surface area contributed by atoms with Gasteiger partial charge in [0.05, 0.1) is 9.92 Å². The van der Waals surface area contributed by atoms with Gasteiger partial charge in [-0.2, -0.15) is 0 Å². The molecule has 0 aliphatic carbocycles. The summed E-state index contributed by atoms with van der Waals surface area (Å²) in [4.78, 5) is 11.9. The van der Waals surface area contributed by atoms with Crippen LogP contribution in [0.5, 0.6) is 0 Å². The highest BCUT2D eigenvalue weighted by Gasteiger charge is 2.37. The van der Waals surface area contributed by atoms with Crippen molar-refractivity contribution < 1.29 is 13.2 Å². The van der Waals surface area contributed by atoms with Gasteiger partial charge in [-0.3, -0.25) is 4.79 Å². The van der Waals surface area contributed by atoms with E-state index in [9.17, 15) is 13.2 Å². The second-order valence-corrected chi connectivity index (χ2v) is 7.61. The molecule has 0 spiro atoms. The fourth-order valence-electron chi connectivity index (χ4n) is 2.02. The first kappa shape index (κ1) is 14.8. The molecule has 1 aliphatic heterocycles. The van der Waals surface area contributed by atoms with Crippen LogP contribution in [0, 0.1) is 5.92 Å². The molecule has 19 heavy (non-hydrogen) atoms. The molecule has 0 N–H and O–H groups in total. The lowest BCUT2D eigenvalue weighted by Crippen LogP contribution is -2.32. The van der Waals surface area contributed by atoms with Crippen LogP contribution < -0.4 is 0 Å². The van der Waals surface area contributed by atoms with Gasteiger partial charge in [-0.1, -0.05) is 24.9 Å². The summed E-state index contributed by atoms with van der Waals surface area (Å²) in [5.74, 6) is -0.226. The van der Waals surface area contributed by atoms with Crippen molar-refractivity contribution in [3.63, 3.8) is 0 Å². The van der Waals surface area contributed by atoms with Crippen molar-refractivity contribution in [3.05, 3.63) is 27.7 Å². The SMILES string of the molecule is CCC1CC(=O)N(S(=O)(=O)c2ccc(Cl)c(Br)c2)C1. The van der Waals surface area contributed by atoms with Gasteiger partial charge in [0, 0.05) is 17.4 Å². The molecule has 1 aromatic rings. The van der Waals surface area contributed by atoms with Crippen molar-refractivity contribution in [1.82, 2.24) is 4.31 Å². The van der Waals surface area contributed by atoms with Crippen molar-refractivity contribution in [3.8, 4) is 0 Å². The molecular weight excluding hydrogens is 354 g/mol. The van der Waals surface area contributed by atoms with E-state index < -0.39 is 10.0 Å². The van der Waals surface area contributed by atoms with E-state index in [1.807, 2.05) is 6.92 Å². The summed E-state index contributed by atoms with van der Waals surface area (Å²) in [5, 5.41) is 0.429. The number of hydrogen-bond donors (Lipinski definition) is 0. The van der Waals surface area contributed by atoms with Crippen LogP contribution in [0.2, 0.25) is 5.02 Å². The van der Waals surface area contributed by atoms with Crippen molar-refractivity contribution in [2.75, 3.05) is 6.54 Å². The van der Waals surface area contributed by atoms with Crippen molar-refractivity contribution in [2.24, 2.45) is 5.92 Å². The molecule has 2 rings (SSSR count). The lowest BCUT2D eigenvalue weighted by molar-refractivity contribution is -0.123. The summed E-state index contributed by atoms with van der Waals surface area (Å²) in [7, 11) is -3.78. The maximum atomic E-state index is 12.4. The standard InChI is InChI=1S/C12H13BrClNO3S/c1-2-8-5-12(16)15(7-8)19(17,18)9-3-4-11(14)10(13)6-9/h3-4,6,8H,2,5,7H2,1H3. The summed E-state index contributed by atoms with van der Waals surface area (Å²) >= 11 is 9.03. The van der Waals surface area contributed by atoms with Crippen molar-refractivity contribution in [1.29, 1.82) is 0 Å². The Bertz CT molecular complexity index is 617. The van der Waals surface area contributed by atoms with Crippen LogP contribution >= 0.6 is 27.5 Å². The van der Waals surface area contributed by atoms with Crippen molar-refractivity contribution in [2.45, 2.75) is 24.7 Å². The Morgan fingerprint density at radius 2 is 2.16 bits per heavy atom. The first-order valence-corrected chi connectivity index (χ1v) is 8.48. The van der Waals surface area contributed by atoms with Crippen LogP contribution in [-0.4, -0.2) is 25.2 Å². The van der Waals surface area contributed by atoms with Crippen molar-refractivity contribution >= 4 is 43.5 Å². The third kappa shape index (κ3) is 2.80. The number of amides is 1. The predicted molar refractivity (Wildman–Crippen MR) is 76.4 cm³/mol. The minimum atomic E-state index is -3.78.